The zero-order chi connectivity index (χ0) is 19.9. The van der Waals surface area contributed by atoms with Crippen LogP contribution in [0.25, 0.3) is 5.69 Å². The number of aromatic nitrogens is 4. The molecule has 2 N–H and O–H groups in total. The van der Waals surface area contributed by atoms with Crippen LogP contribution in [0.2, 0.25) is 0 Å². The molecule has 10 heteroatoms. The molecule has 9 nitrogen and oxygen atoms in total. The number of rotatable bonds is 7. The van der Waals surface area contributed by atoms with E-state index in [-0.39, 0.29) is 17.9 Å². The van der Waals surface area contributed by atoms with Crippen molar-refractivity contribution in [3.63, 3.8) is 0 Å². The van der Waals surface area contributed by atoms with Crippen molar-refractivity contribution in [3.05, 3.63) is 23.9 Å². The highest BCUT2D eigenvalue weighted by atomic mass is 32.2. The molecule has 2 aromatic rings. The fraction of sp³-hybridized carbons (Fsp3) is 0.611. The molecule has 0 unspecified atom stereocenters. The molecular formula is C18H27N7O2S. The lowest BCUT2D eigenvalue weighted by atomic mass is 9.93. The van der Waals surface area contributed by atoms with Gasteiger partial charge in [0.2, 0.25) is 0 Å². The summed E-state index contributed by atoms with van der Waals surface area (Å²) in [6, 6.07) is 1.99. The molecule has 1 aliphatic carbocycles. The van der Waals surface area contributed by atoms with Crippen LogP contribution in [0.3, 0.4) is 0 Å². The maximum absolute atomic E-state index is 12.8. The third-order valence-corrected chi connectivity index (χ3v) is 7.59. The number of aryl methyl sites for hydroxylation is 1. The van der Waals surface area contributed by atoms with Crippen LogP contribution in [0, 0.1) is 12.8 Å². The second-order valence-electron chi connectivity index (χ2n) is 7.65. The fourth-order valence-corrected chi connectivity index (χ4v) is 5.67. The minimum absolute atomic E-state index is 0.0308. The van der Waals surface area contributed by atoms with Crippen molar-refractivity contribution >= 4 is 22.7 Å². The Bertz CT molecular complexity index is 960. The van der Waals surface area contributed by atoms with Gasteiger partial charge in [-0.05, 0) is 38.5 Å². The van der Waals surface area contributed by atoms with E-state index >= 15 is 0 Å². The van der Waals surface area contributed by atoms with E-state index < -0.39 is 10.2 Å². The van der Waals surface area contributed by atoms with Crippen LogP contribution < -0.4 is 4.72 Å². The number of nitrogens with zero attached hydrogens (tertiary/aromatic N) is 5. The fourth-order valence-electron chi connectivity index (χ4n) is 4.12. The SMILES string of the molecule is C=Nc1[nH]ccc1-n1c(C)nnc1[C@H]1CN(S(=O)(=O)NC2CCC2)C[C@H]1CC. The maximum Gasteiger partial charge on any atom is 0.279 e. The molecule has 1 aliphatic heterocycles. The van der Waals surface area contributed by atoms with Gasteiger partial charge in [-0.2, -0.15) is 17.4 Å². The van der Waals surface area contributed by atoms with E-state index in [0.29, 0.717) is 18.9 Å². The van der Waals surface area contributed by atoms with Crippen molar-refractivity contribution < 1.29 is 8.42 Å². The Balaban J connectivity index is 1.65. The molecule has 2 atom stereocenters. The predicted octanol–water partition coefficient (Wildman–Crippen LogP) is 2.05. The Labute approximate surface area is 165 Å². The second-order valence-corrected chi connectivity index (χ2v) is 9.36. The zero-order valence-corrected chi connectivity index (χ0v) is 17.1. The summed E-state index contributed by atoms with van der Waals surface area (Å²) in [4.78, 5) is 7.10. The van der Waals surface area contributed by atoms with Crippen molar-refractivity contribution in [3.8, 4) is 5.69 Å². The normalized spacial score (nSPS) is 23.8. The van der Waals surface area contributed by atoms with E-state index in [0.717, 1.165) is 43.0 Å². The highest BCUT2D eigenvalue weighted by Gasteiger charge is 2.42. The lowest BCUT2D eigenvalue weighted by Gasteiger charge is -2.28. The topological polar surface area (TPSA) is 108 Å². The Morgan fingerprint density at radius 1 is 1.36 bits per heavy atom. The highest BCUT2D eigenvalue weighted by Crippen LogP contribution is 2.37. The first-order valence-corrected chi connectivity index (χ1v) is 11.2. The molecule has 4 rings (SSSR count). The van der Waals surface area contributed by atoms with Gasteiger partial charge in [0.25, 0.3) is 10.2 Å². The predicted molar refractivity (Wildman–Crippen MR) is 107 cm³/mol. The van der Waals surface area contributed by atoms with Gasteiger partial charge in [-0.15, -0.1) is 10.2 Å². The Hall–Kier alpha value is -2.04. The average Bonchev–Trinajstić information content (AvgIpc) is 3.34. The first kappa shape index (κ1) is 19.3. The van der Waals surface area contributed by atoms with E-state index in [9.17, 15) is 8.42 Å². The van der Waals surface area contributed by atoms with Crippen molar-refractivity contribution in [1.29, 1.82) is 0 Å². The summed E-state index contributed by atoms with van der Waals surface area (Å²) in [6.07, 6.45) is 5.60. The Morgan fingerprint density at radius 2 is 2.14 bits per heavy atom. The van der Waals surface area contributed by atoms with Crippen molar-refractivity contribution in [2.45, 2.75) is 51.5 Å². The summed E-state index contributed by atoms with van der Waals surface area (Å²) in [5.74, 6) is 2.31. The van der Waals surface area contributed by atoms with Gasteiger partial charge in [0, 0.05) is 31.2 Å². The van der Waals surface area contributed by atoms with Crippen LogP contribution in [-0.4, -0.2) is 58.3 Å². The van der Waals surface area contributed by atoms with E-state index in [4.69, 9.17) is 0 Å². The third-order valence-electron chi connectivity index (χ3n) is 5.98. The molecule has 0 spiro atoms. The summed E-state index contributed by atoms with van der Waals surface area (Å²) in [6.45, 7) is 8.49. The minimum atomic E-state index is -3.49. The molecule has 0 amide bonds. The van der Waals surface area contributed by atoms with Crippen molar-refractivity contribution in [1.82, 2.24) is 28.8 Å². The summed E-state index contributed by atoms with van der Waals surface area (Å²) in [5.41, 5.74) is 0.830. The van der Waals surface area contributed by atoms with Gasteiger partial charge in [-0.1, -0.05) is 19.8 Å². The summed E-state index contributed by atoms with van der Waals surface area (Å²) < 4.78 is 32.1. The Morgan fingerprint density at radius 3 is 2.79 bits per heavy atom. The van der Waals surface area contributed by atoms with E-state index in [1.165, 1.54) is 0 Å². The molecule has 3 heterocycles. The average molecular weight is 406 g/mol. The van der Waals surface area contributed by atoms with E-state index in [2.05, 4.69) is 38.5 Å². The zero-order valence-electron chi connectivity index (χ0n) is 16.3. The summed E-state index contributed by atoms with van der Waals surface area (Å²) >= 11 is 0. The first-order chi connectivity index (χ1) is 13.4. The molecule has 0 bridgehead atoms. The van der Waals surface area contributed by atoms with Gasteiger partial charge in [-0.25, -0.2) is 4.99 Å². The standard InChI is InChI=1S/C18H27N7O2S/c1-4-13-10-24(28(26,27)23-14-6-5-7-14)11-15(13)18-22-21-12(2)25(18)16-8-9-20-17(16)19-3/h8-9,13-15,20,23H,3-7,10-11H2,1-2H3/t13-,15+/m1/s1. The van der Waals surface area contributed by atoms with Gasteiger partial charge in [0.05, 0.1) is 5.69 Å². The molecule has 152 valence electrons. The maximum atomic E-state index is 12.8. The molecule has 1 saturated carbocycles. The molecule has 2 aromatic heterocycles. The lowest BCUT2D eigenvalue weighted by Crippen LogP contribution is -2.47. The quantitative estimate of drug-likeness (QED) is 0.687. The number of hydrogen-bond acceptors (Lipinski definition) is 5. The van der Waals surface area contributed by atoms with Gasteiger partial charge >= 0.3 is 0 Å². The molecular weight excluding hydrogens is 378 g/mol. The van der Waals surface area contributed by atoms with Crippen LogP contribution in [0.4, 0.5) is 5.82 Å². The summed E-state index contributed by atoms with van der Waals surface area (Å²) in [7, 11) is -3.49. The van der Waals surface area contributed by atoms with Crippen LogP contribution in [0.1, 0.15) is 50.2 Å². The molecule has 2 aliphatic rings. The van der Waals surface area contributed by atoms with Crippen LogP contribution in [-0.2, 0) is 10.2 Å². The third kappa shape index (κ3) is 3.29. The van der Waals surface area contributed by atoms with Gasteiger partial charge < -0.3 is 4.98 Å². The highest BCUT2D eigenvalue weighted by molar-refractivity contribution is 7.87. The van der Waals surface area contributed by atoms with E-state index in [1.807, 2.05) is 17.6 Å². The number of nitrogens with one attached hydrogen (secondary N) is 2. The number of H-pyrrole nitrogens is 1. The first-order valence-electron chi connectivity index (χ1n) is 9.78. The van der Waals surface area contributed by atoms with Crippen LogP contribution in [0.15, 0.2) is 17.3 Å². The monoisotopic (exact) mass is 405 g/mol. The number of aromatic amines is 1. The molecule has 0 radical (unpaired) electrons. The minimum Gasteiger partial charge on any atom is -0.345 e. The van der Waals surface area contributed by atoms with Crippen LogP contribution in [0.5, 0.6) is 0 Å². The van der Waals surface area contributed by atoms with Gasteiger partial charge in [0.15, 0.2) is 5.82 Å². The number of hydrogen-bond donors (Lipinski definition) is 2. The smallest absolute Gasteiger partial charge is 0.279 e. The lowest BCUT2D eigenvalue weighted by molar-refractivity contribution is 0.364. The number of aliphatic imine (C=N–C) groups is 1. The second kappa shape index (κ2) is 7.41. The summed E-state index contributed by atoms with van der Waals surface area (Å²) in [5, 5.41) is 8.70. The van der Waals surface area contributed by atoms with Gasteiger partial charge in [-0.3, -0.25) is 4.57 Å². The van der Waals surface area contributed by atoms with Crippen molar-refractivity contribution in [2.75, 3.05) is 13.1 Å². The molecule has 0 aromatic carbocycles. The molecule has 2 fully saturated rings. The van der Waals surface area contributed by atoms with Crippen molar-refractivity contribution in [2.24, 2.45) is 10.9 Å². The van der Waals surface area contributed by atoms with Gasteiger partial charge in [0.1, 0.15) is 11.6 Å². The molecule has 1 saturated heterocycles. The largest absolute Gasteiger partial charge is 0.345 e. The molecule has 28 heavy (non-hydrogen) atoms. The van der Waals surface area contributed by atoms with E-state index in [1.54, 1.807) is 10.5 Å². The Kier molecular flexibility index (Phi) is 5.11. The van der Waals surface area contributed by atoms with Crippen LogP contribution >= 0.6 is 0 Å².